The van der Waals surface area contributed by atoms with E-state index in [1.165, 1.54) is 7.11 Å². The van der Waals surface area contributed by atoms with Gasteiger partial charge in [-0.2, -0.15) is 0 Å². The molecule has 0 bridgehead atoms. The number of aliphatic hydroxyl groups is 1. The summed E-state index contributed by atoms with van der Waals surface area (Å²) in [6.07, 6.45) is 3.24. The first-order valence-electron chi connectivity index (χ1n) is 7.86. The van der Waals surface area contributed by atoms with Crippen LogP contribution in [0.2, 0.25) is 0 Å². The number of aliphatic imine (C=N–C) groups is 1. The van der Waals surface area contributed by atoms with Crippen molar-refractivity contribution in [1.82, 2.24) is 0 Å². The van der Waals surface area contributed by atoms with Crippen molar-refractivity contribution in [3.63, 3.8) is 0 Å². The average molecular weight is 309 g/mol. The third-order valence-corrected chi connectivity index (χ3v) is 3.75. The van der Waals surface area contributed by atoms with E-state index in [4.69, 9.17) is 0 Å². The summed E-state index contributed by atoms with van der Waals surface area (Å²) in [5.74, 6) is -0.331. The van der Waals surface area contributed by atoms with Crippen molar-refractivity contribution in [2.45, 2.75) is 59.3 Å². The number of allylic oxidation sites excluding steroid dienone is 2. The van der Waals surface area contributed by atoms with E-state index in [1.807, 2.05) is 13.8 Å². The van der Waals surface area contributed by atoms with Gasteiger partial charge >= 0.3 is 5.97 Å². The molecular formula is C17H27NO4. The van der Waals surface area contributed by atoms with E-state index >= 15 is 0 Å². The Hall–Kier alpha value is -1.65. The third kappa shape index (κ3) is 5.28. The van der Waals surface area contributed by atoms with Gasteiger partial charge in [-0.05, 0) is 11.8 Å². The number of esters is 1. The number of nitrogens with zero attached hydrogens (tertiary/aromatic N) is 1. The van der Waals surface area contributed by atoms with Gasteiger partial charge in [-0.3, -0.25) is 14.6 Å². The lowest BCUT2D eigenvalue weighted by Gasteiger charge is -2.30. The van der Waals surface area contributed by atoms with Crippen LogP contribution >= 0.6 is 0 Å². The van der Waals surface area contributed by atoms with E-state index in [9.17, 15) is 14.7 Å². The molecular weight excluding hydrogens is 282 g/mol. The summed E-state index contributed by atoms with van der Waals surface area (Å²) >= 11 is 0. The largest absolute Gasteiger partial charge is 0.511 e. The topological polar surface area (TPSA) is 76.0 Å². The quantitative estimate of drug-likeness (QED) is 0.444. The molecule has 0 spiro atoms. The van der Waals surface area contributed by atoms with Gasteiger partial charge in [-0.15, -0.1) is 0 Å². The Labute approximate surface area is 132 Å². The van der Waals surface area contributed by atoms with Crippen LogP contribution in [0.1, 0.15) is 59.3 Å². The third-order valence-electron chi connectivity index (χ3n) is 3.75. The van der Waals surface area contributed by atoms with E-state index in [-0.39, 0.29) is 29.3 Å². The number of carbonyl (C=O) groups is 2. The first-order valence-corrected chi connectivity index (χ1v) is 7.86. The van der Waals surface area contributed by atoms with Crippen molar-refractivity contribution in [1.29, 1.82) is 0 Å². The van der Waals surface area contributed by atoms with Crippen molar-refractivity contribution < 1.29 is 19.4 Å². The molecule has 0 aromatic heterocycles. The molecule has 0 aliphatic heterocycles. The van der Waals surface area contributed by atoms with Crippen LogP contribution in [0.3, 0.4) is 0 Å². The maximum absolute atomic E-state index is 12.4. The highest BCUT2D eigenvalue weighted by Gasteiger charge is 2.35. The predicted octanol–water partition coefficient (Wildman–Crippen LogP) is 3.38. The normalized spacial score (nSPS) is 18.5. The van der Waals surface area contributed by atoms with Crippen LogP contribution < -0.4 is 0 Å². The molecule has 5 heteroatoms. The molecule has 124 valence electrons. The van der Waals surface area contributed by atoms with Gasteiger partial charge in [0, 0.05) is 31.5 Å². The van der Waals surface area contributed by atoms with Crippen LogP contribution in [0.25, 0.3) is 0 Å². The molecule has 0 fully saturated rings. The average Bonchev–Trinajstić information content (AvgIpc) is 2.41. The smallest absolute Gasteiger partial charge is 0.305 e. The molecule has 0 amide bonds. The lowest BCUT2D eigenvalue weighted by molar-refractivity contribution is -0.140. The van der Waals surface area contributed by atoms with Crippen LogP contribution in [0.4, 0.5) is 0 Å². The van der Waals surface area contributed by atoms with E-state index in [2.05, 4.69) is 16.7 Å². The summed E-state index contributed by atoms with van der Waals surface area (Å²) in [6, 6.07) is 0. The molecule has 0 unspecified atom stereocenters. The first-order chi connectivity index (χ1) is 10.3. The summed E-state index contributed by atoms with van der Waals surface area (Å²) in [7, 11) is 1.33. The highest BCUT2D eigenvalue weighted by molar-refractivity contribution is 6.23. The van der Waals surface area contributed by atoms with Gasteiger partial charge in [0.1, 0.15) is 5.76 Å². The first kappa shape index (κ1) is 18.4. The Morgan fingerprint density at radius 1 is 1.32 bits per heavy atom. The zero-order valence-electron chi connectivity index (χ0n) is 14.1. The molecule has 1 aliphatic carbocycles. The number of unbranched alkanes of at least 4 members (excludes halogenated alkanes) is 1. The molecule has 1 N–H and O–H groups in total. The maximum Gasteiger partial charge on any atom is 0.305 e. The van der Waals surface area contributed by atoms with Gasteiger partial charge in [0.05, 0.1) is 19.1 Å². The predicted molar refractivity (Wildman–Crippen MR) is 86.1 cm³/mol. The number of hydrogen-bond donors (Lipinski definition) is 1. The number of ether oxygens (including phenoxy) is 1. The minimum Gasteiger partial charge on any atom is -0.511 e. The van der Waals surface area contributed by atoms with Gasteiger partial charge in [-0.1, -0.05) is 27.2 Å². The number of carbonyl (C=O) groups excluding carboxylic acids is 2. The molecule has 0 aromatic rings. The molecule has 0 aromatic carbocycles. The second-order valence-corrected chi connectivity index (χ2v) is 6.52. The minimum atomic E-state index is -0.341. The highest BCUT2D eigenvalue weighted by Crippen LogP contribution is 2.36. The highest BCUT2D eigenvalue weighted by atomic mass is 16.5. The van der Waals surface area contributed by atoms with Crippen LogP contribution in [-0.2, 0) is 14.3 Å². The maximum atomic E-state index is 12.4. The lowest BCUT2D eigenvalue weighted by Crippen LogP contribution is -2.29. The zero-order valence-corrected chi connectivity index (χ0v) is 14.1. The second-order valence-electron chi connectivity index (χ2n) is 6.52. The second kappa shape index (κ2) is 8.11. The summed E-state index contributed by atoms with van der Waals surface area (Å²) in [5, 5.41) is 10.3. The van der Waals surface area contributed by atoms with Crippen molar-refractivity contribution >= 4 is 17.5 Å². The summed E-state index contributed by atoms with van der Waals surface area (Å²) in [4.78, 5) is 28.2. The van der Waals surface area contributed by atoms with Crippen molar-refractivity contribution in [3.05, 3.63) is 11.3 Å². The Morgan fingerprint density at radius 2 is 2.00 bits per heavy atom. The summed E-state index contributed by atoms with van der Waals surface area (Å²) in [6.45, 7) is 6.58. The van der Waals surface area contributed by atoms with E-state index in [1.54, 1.807) is 0 Å². The minimum absolute atomic E-state index is 0.0890. The van der Waals surface area contributed by atoms with Crippen LogP contribution in [0, 0.1) is 5.41 Å². The van der Waals surface area contributed by atoms with Crippen molar-refractivity contribution in [2.24, 2.45) is 10.4 Å². The number of rotatable bonds is 7. The molecule has 0 heterocycles. The number of methoxy groups -OCH3 is 1. The molecule has 22 heavy (non-hydrogen) atoms. The summed E-state index contributed by atoms with van der Waals surface area (Å²) in [5.41, 5.74) is 0.623. The molecule has 1 aliphatic rings. The van der Waals surface area contributed by atoms with Gasteiger partial charge in [0.2, 0.25) is 0 Å². The van der Waals surface area contributed by atoms with Crippen molar-refractivity contribution in [3.8, 4) is 0 Å². The molecule has 0 saturated heterocycles. The number of ketones is 1. The lowest BCUT2D eigenvalue weighted by atomic mass is 9.75. The van der Waals surface area contributed by atoms with Gasteiger partial charge in [-0.25, -0.2) is 0 Å². The van der Waals surface area contributed by atoms with E-state index in [0.29, 0.717) is 37.1 Å². The van der Waals surface area contributed by atoms with E-state index in [0.717, 1.165) is 12.8 Å². The van der Waals surface area contributed by atoms with Gasteiger partial charge in [0.15, 0.2) is 5.78 Å². The molecule has 1 rings (SSSR count). The monoisotopic (exact) mass is 309 g/mol. The van der Waals surface area contributed by atoms with Gasteiger partial charge < -0.3 is 9.84 Å². The van der Waals surface area contributed by atoms with Gasteiger partial charge in [0.25, 0.3) is 0 Å². The van der Waals surface area contributed by atoms with Crippen molar-refractivity contribution in [2.75, 3.05) is 13.7 Å². The fraction of sp³-hybridized carbons (Fsp3) is 0.706. The van der Waals surface area contributed by atoms with Crippen LogP contribution in [0.15, 0.2) is 16.3 Å². The zero-order chi connectivity index (χ0) is 16.8. The standard InChI is InChI=1S/C17H27NO4/c1-5-6-9-18-12(7-8-15(21)22-4)16-13(19)10-17(2,3)11-14(16)20/h19H,5-11H2,1-4H3. The van der Waals surface area contributed by atoms with E-state index < -0.39 is 0 Å². The summed E-state index contributed by atoms with van der Waals surface area (Å²) < 4.78 is 4.64. The molecule has 0 radical (unpaired) electrons. The fourth-order valence-electron chi connectivity index (χ4n) is 2.59. The Morgan fingerprint density at radius 3 is 2.55 bits per heavy atom. The Kier molecular flexibility index (Phi) is 6.78. The number of hydrogen-bond acceptors (Lipinski definition) is 5. The fourth-order valence-corrected chi connectivity index (χ4v) is 2.59. The SMILES string of the molecule is CCCCN=C(CCC(=O)OC)C1=C(O)CC(C)(C)CC1=O. The van der Waals surface area contributed by atoms with Crippen LogP contribution in [-0.4, -0.2) is 36.2 Å². The van der Waals surface area contributed by atoms with Crippen LogP contribution in [0.5, 0.6) is 0 Å². The Bertz CT molecular complexity index is 489. The molecule has 0 atom stereocenters. The Balaban J connectivity index is 3.01. The molecule has 0 saturated carbocycles. The number of Topliss-reactive ketones (excluding diaryl/α,β-unsaturated/α-hetero) is 1. The molecule has 5 nitrogen and oxygen atoms in total. The number of aliphatic hydroxyl groups excluding tert-OH is 1.